The summed E-state index contributed by atoms with van der Waals surface area (Å²) in [4.78, 5) is 18.4. The third-order valence-electron chi connectivity index (χ3n) is 11.5. The number of aromatic hydroxyl groups is 1. The van der Waals surface area contributed by atoms with E-state index in [9.17, 15) is 28.2 Å². The predicted molar refractivity (Wildman–Crippen MR) is 171 cm³/mol. The fourth-order valence-electron chi connectivity index (χ4n) is 9.19. The van der Waals surface area contributed by atoms with Crippen LogP contribution >= 0.6 is 0 Å². The Morgan fingerprint density at radius 2 is 1.85 bits per heavy atom. The average molecular weight is 645 g/mol. The van der Waals surface area contributed by atoms with Gasteiger partial charge in [0.25, 0.3) is 0 Å². The number of ether oxygens (including phenoxy) is 1. The van der Waals surface area contributed by atoms with Crippen molar-refractivity contribution in [2.24, 2.45) is 5.92 Å². The molecule has 0 radical (unpaired) electrons. The minimum absolute atomic E-state index is 0.0408. The van der Waals surface area contributed by atoms with E-state index in [1.165, 1.54) is 31.1 Å². The second-order valence-corrected chi connectivity index (χ2v) is 14.1. The normalized spacial score (nSPS) is 29.4. The van der Waals surface area contributed by atoms with E-state index in [2.05, 4.69) is 4.90 Å². The maximum Gasteiger partial charge on any atom is 0.416 e. The molecule has 9 heteroatoms. The number of halogens is 3. The third-order valence-corrected chi connectivity index (χ3v) is 11.5. The van der Waals surface area contributed by atoms with Crippen LogP contribution in [0.2, 0.25) is 0 Å². The highest BCUT2D eigenvalue weighted by molar-refractivity contribution is 5.92. The molecule has 3 aromatic carbocycles. The maximum absolute atomic E-state index is 14.2. The van der Waals surface area contributed by atoms with Crippen molar-refractivity contribution in [1.82, 2.24) is 9.80 Å². The van der Waals surface area contributed by atoms with Crippen LogP contribution in [-0.4, -0.2) is 69.3 Å². The number of piperidine rings is 1. The number of likely N-dealkylation sites (tertiary alicyclic amines) is 1. The summed E-state index contributed by atoms with van der Waals surface area (Å²) in [6.45, 7) is 2.14. The molecule has 8 rings (SSSR count). The highest BCUT2D eigenvalue weighted by Gasteiger charge is 2.73. The van der Waals surface area contributed by atoms with Crippen molar-refractivity contribution in [1.29, 1.82) is 0 Å². The Hall–Kier alpha value is -3.82. The number of carbonyl (C=O) groups is 1. The Bertz CT molecular complexity index is 1720. The number of alkyl halides is 3. The van der Waals surface area contributed by atoms with Crippen LogP contribution in [0, 0.1) is 5.92 Å². The molecule has 2 N–H and O–H groups in total. The van der Waals surface area contributed by atoms with Crippen LogP contribution in [0.3, 0.4) is 0 Å². The standard InChI is InChI=1S/C38H39F3N2O4/c39-38(40,41)28-8-4-7-25(21-28)11-14-32(45)43(19-16-24-5-2-1-3-6-24)29-15-17-37(46)31-22-27-12-13-30(44)34-33(27)36(37,35(29)47-34)18-20-42(31)23-26-9-10-26/h1-8,11-14,21,26,29,31,35,44,46H,9-10,15-20,22-23H2/t29?,31-,35?,36+,37?/m1/s1. The number of hydrogen-bond acceptors (Lipinski definition) is 5. The van der Waals surface area contributed by atoms with E-state index in [1.54, 1.807) is 17.0 Å². The summed E-state index contributed by atoms with van der Waals surface area (Å²) in [5, 5.41) is 23.9. The number of rotatable bonds is 8. The molecule has 2 bridgehead atoms. The van der Waals surface area contributed by atoms with E-state index in [-0.39, 0.29) is 23.3 Å². The van der Waals surface area contributed by atoms with Crippen molar-refractivity contribution in [2.45, 2.75) is 80.3 Å². The zero-order valence-electron chi connectivity index (χ0n) is 26.1. The molecule has 5 atom stereocenters. The van der Waals surface area contributed by atoms with Gasteiger partial charge in [0.05, 0.1) is 22.6 Å². The molecule has 3 aromatic rings. The molecule has 0 aromatic heterocycles. The van der Waals surface area contributed by atoms with Crippen LogP contribution in [0.15, 0.2) is 72.8 Å². The Morgan fingerprint density at radius 3 is 2.62 bits per heavy atom. The highest BCUT2D eigenvalue weighted by Crippen LogP contribution is 2.66. The lowest BCUT2D eigenvalue weighted by atomic mass is 9.48. The number of hydrogen-bond donors (Lipinski definition) is 2. The lowest BCUT2D eigenvalue weighted by Crippen LogP contribution is -2.78. The van der Waals surface area contributed by atoms with Gasteiger partial charge in [-0.05, 0) is 98.4 Å². The number of carbonyl (C=O) groups excluding carboxylic acids is 1. The highest BCUT2D eigenvalue weighted by atomic mass is 19.4. The van der Waals surface area contributed by atoms with E-state index < -0.39 is 34.9 Å². The summed E-state index contributed by atoms with van der Waals surface area (Å²) in [7, 11) is 0. The van der Waals surface area contributed by atoms with Gasteiger partial charge in [-0.15, -0.1) is 0 Å². The number of phenols is 1. The average Bonchev–Trinajstić information content (AvgIpc) is 3.80. The molecular formula is C38H39F3N2O4. The zero-order valence-corrected chi connectivity index (χ0v) is 26.1. The number of aliphatic hydroxyl groups is 1. The van der Waals surface area contributed by atoms with Crippen molar-refractivity contribution >= 4 is 12.0 Å². The number of nitrogens with zero attached hydrogens (tertiary/aromatic N) is 2. The predicted octanol–water partition coefficient (Wildman–Crippen LogP) is 6.13. The van der Waals surface area contributed by atoms with Gasteiger partial charge >= 0.3 is 6.18 Å². The molecule has 1 spiro atoms. The topological polar surface area (TPSA) is 73.2 Å². The van der Waals surface area contributed by atoms with Gasteiger partial charge in [-0.3, -0.25) is 9.69 Å². The fourth-order valence-corrected chi connectivity index (χ4v) is 9.19. The monoisotopic (exact) mass is 644 g/mol. The van der Waals surface area contributed by atoms with Crippen LogP contribution in [-0.2, 0) is 29.2 Å². The van der Waals surface area contributed by atoms with Gasteiger partial charge in [-0.25, -0.2) is 0 Å². The van der Waals surface area contributed by atoms with E-state index in [0.717, 1.165) is 41.9 Å². The van der Waals surface area contributed by atoms with E-state index in [0.29, 0.717) is 50.3 Å². The van der Waals surface area contributed by atoms with Crippen LogP contribution in [0.25, 0.3) is 6.08 Å². The van der Waals surface area contributed by atoms with Gasteiger partial charge in [0, 0.05) is 30.8 Å². The van der Waals surface area contributed by atoms with Gasteiger partial charge in [0.2, 0.25) is 5.91 Å². The molecule has 1 amide bonds. The largest absolute Gasteiger partial charge is 0.504 e. The lowest BCUT2D eigenvalue weighted by molar-refractivity contribution is -0.201. The van der Waals surface area contributed by atoms with Crippen LogP contribution in [0.1, 0.15) is 59.9 Å². The smallest absolute Gasteiger partial charge is 0.416 e. The molecule has 2 aliphatic heterocycles. The summed E-state index contributed by atoms with van der Waals surface area (Å²) in [5.41, 5.74) is 0.665. The van der Waals surface area contributed by atoms with Gasteiger partial charge < -0.3 is 19.8 Å². The van der Waals surface area contributed by atoms with E-state index >= 15 is 0 Å². The Morgan fingerprint density at radius 1 is 1.04 bits per heavy atom. The summed E-state index contributed by atoms with van der Waals surface area (Å²) in [6, 6.07) is 17.9. The molecule has 3 unspecified atom stereocenters. The number of phenolic OH excluding ortho intramolecular Hbond substituents is 1. The minimum Gasteiger partial charge on any atom is -0.504 e. The second kappa shape index (κ2) is 11.1. The quantitative estimate of drug-likeness (QED) is 0.289. The molecular weight excluding hydrogens is 605 g/mol. The van der Waals surface area contributed by atoms with Crippen molar-refractivity contribution < 1.29 is 32.9 Å². The SMILES string of the molecule is O=C(C=Cc1cccc(C(F)(F)F)c1)N(CCc1ccccc1)C1CCC2(O)[C@H]3Cc4ccc(O)c5c4[C@@]2(CCN3CC2CC2)C1O5. The molecule has 5 aliphatic rings. The Balaban J connectivity index is 1.17. The molecule has 2 saturated carbocycles. The van der Waals surface area contributed by atoms with Crippen molar-refractivity contribution in [3.63, 3.8) is 0 Å². The first-order valence-corrected chi connectivity index (χ1v) is 16.8. The summed E-state index contributed by atoms with van der Waals surface area (Å²) < 4.78 is 46.9. The Labute approximate surface area is 272 Å². The first-order valence-electron chi connectivity index (χ1n) is 16.8. The van der Waals surface area contributed by atoms with Crippen molar-refractivity contribution in [3.05, 3.63) is 101 Å². The summed E-state index contributed by atoms with van der Waals surface area (Å²) >= 11 is 0. The maximum atomic E-state index is 14.2. The van der Waals surface area contributed by atoms with Gasteiger partial charge in [-0.2, -0.15) is 13.2 Å². The number of benzene rings is 3. The molecule has 246 valence electrons. The fraction of sp³-hybridized carbons (Fsp3) is 0.447. The minimum atomic E-state index is -4.49. The zero-order chi connectivity index (χ0) is 32.6. The first-order chi connectivity index (χ1) is 22.6. The lowest BCUT2D eigenvalue weighted by Gasteiger charge is -2.65. The van der Waals surface area contributed by atoms with E-state index in [1.807, 2.05) is 36.4 Å². The Kier molecular flexibility index (Phi) is 7.22. The molecule has 1 saturated heterocycles. The molecule has 2 heterocycles. The summed E-state index contributed by atoms with van der Waals surface area (Å²) in [5.74, 6) is 0.805. The number of amides is 1. The van der Waals surface area contributed by atoms with Gasteiger partial charge in [0.15, 0.2) is 11.5 Å². The van der Waals surface area contributed by atoms with Crippen molar-refractivity contribution in [3.8, 4) is 11.5 Å². The second-order valence-electron chi connectivity index (χ2n) is 14.1. The molecule has 3 fully saturated rings. The first kappa shape index (κ1) is 30.5. The van der Waals surface area contributed by atoms with Crippen LogP contribution < -0.4 is 4.74 Å². The van der Waals surface area contributed by atoms with E-state index in [4.69, 9.17) is 4.74 Å². The molecule has 47 heavy (non-hydrogen) atoms. The van der Waals surface area contributed by atoms with Crippen molar-refractivity contribution in [2.75, 3.05) is 19.6 Å². The molecule has 6 nitrogen and oxygen atoms in total. The van der Waals surface area contributed by atoms with Crippen LogP contribution in [0.5, 0.6) is 11.5 Å². The molecule has 3 aliphatic carbocycles. The van der Waals surface area contributed by atoms with Gasteiger partial charge in [-0.1, -0.05) is 48.5 Å². The van der Waals surface area contributed by atoms with Gasteiger partial charge in [0.1, 0.15) is 6.10 Å². The summed E-state index contributed by atoms with van der Waals surface area (Å²) in [6.07, 6.45) is 3.05. The third kappa shape index (κ3) is 4.96. The van der Waals surface area contributed by atoms with Crippen LogP contribution in [0.4, 0.5) is 13.2 Å².